The van der Waals surface area contributed by atoms with Crippen molar-refractivity contribution in [1.82, 2.24) is 29.3 Å². The van der Waals surface area contributed by atoms with E-state index in [0.29, 0.717) is 56.9 Å². The van der Waals surface area contributed by atoms with Crippen LogP contribution in [0.25, 0.3) is 11.2 Å². The quantitative estimate of drug-likeness (QED) is 0.159. The monoisotopic (exact) mass is 571 g/mol. The molecule has 0 atom stereocenters. The number of nitrogens with one attached hydrogen (secondary N) is 1. The first-order valence-corrected chi connectivity index (χ1v) is 13.9. The molecule has 0 aliphatic heterocycles. The summed E-state index contributed by atoms with van der Waals surface area (Å²) in [4.78, 5) is 52.6. The van der Waals surface area contributed by atoms with Crippen LogP contribution in [0.2, 0.25) is 0 Å². The summed E-state index contributed by atoms with van der Waals surface area (Å²) in [6, 6.07) is 7.57. The lowest BCUT2D eigenvalue weighted by Crippen LogP contribution is -2.41. The fourth-order valence-electron chi connectivity index (χ4n) is 4.33. The number of ether oxygens (including phenoxy) is 2. The summed E-state index contributed by atoms with van der Waals surface area (Å²) in [6.45, 7) is 6.58. The molecule has 13 heteroatoms. The van der Waals surface area contributed by atoms with E-state index in [1.807, 2.05) is 43.0 Å². The number of aromatic amines is 1. The minimum atomic E-state index is -0.370. The predicted molar refractivity (Wildman–Crippen MR) is 154 cm³/mol. The zero-order valence-corrected chi connectivity index (χ0v) is 24.1. The van der Waals surface area contributed by atoms with Crippen LogP contribution in [0, 0.1) is 0 Å². The molecule has 224 valence electrons. The second-order valence-electron chi connectivity index (χ2n) is 9.70. The van der Waals surface area contributed by atoms with E-state index >= 15 is 0 Å². The topological polar surface area (TPSA) is 169 Å². The molecule has 41 heavy (non-hydrogen) atoms. The zero-order chi connectivity index (χ0) is 29.8. The number of fused-ring (bicyclic) bond motifs is 1. The van der Waals surface area contributed by atoms with Gasteiger partial charge in [-0.3, -0.25) is 19.1 Å². The standard InChI is InChI=1S/C28H41N7O6/c1-4-6-16-41-27-31-25(29)24-26(32-27)35(28(39)30-24)13-7-12-34(22(37)19-33(5-2)14-15-36)18-21-10-8-20(9-11-21)17-23(38)40-3/h8-11,36H,4-7,12-19H2,1-3H3,(H,30,39)(H2,29,31,32). The minimum absolute atomic E-state index is 0.0403. The molecule has 13 nitrogen and oxygen atoms in total. The van der Waals surface area contributed by atoms with Gasteiger partial charge >= 0.3 is 17.7 Å². The number of unbranched alkanes of at least 4 members (excludes halogenated alkanes) is 1. The van der Waals surface area contributed by atoms with Crippen molar-refractivity contribution in [2.24, 2.45) is 0 Å². The maximum absolute atomic E-state index is 13.3. The molecule has 0 saturated heterocycles. The van der Waals surface area contributed by atoms with E-state index < -0.39 is 0 Å². The molecular weight excluding hydrogens is 530 g/mol. The SMILES string of the molecule is CCCCOc1nc(N)c2[nH]c(=O)n(CCCN(Cc3ccc(CC(=O)OC)cc3)C(=O)CN(CC)CCO)c2n1. The van der Waals surface area contributed by atoms with Crippen molar-refractivity contribution in [2.75, 3.05) is 52.2 Å². The molecule has 0 bridgehead atoms. The van der Waals surface area contributed by atoms with E-state index in [4.69, 9.17) is 15.2 Å². The highest BCUT2D eigenvalue weighted by Crippen LogP contribution is 2.18. The first kappa shape index (κ1) is 31.6. The van der Waals surface area contributed by atoms with Gasteiger partial charge in [0.1, 0.15) is 5.52 Å². The lowest BCUT2D eigenvalue weighted by Gasteiger charge is -2.27. The Balaban J connectivity index is 1.76. The number of benzene rings is 1. The number of nitrogens with two attached hydrogens (primary N) is 1. The molecule has 0 aliphatic carbocycles. The van der Waals surface area contributed by atoms with E-state index in [9.17, 15) is 19.5 Å². The molecule has 1 amide bonds. The van der Waals surface area contributed by atoms with Crippen molar-refractivity contribution in [3.63, 3.8) is 0 Å². The van der Waals surface area contributed by atoms with Gasteiger partial charge in [0, 0.05) is 26.2 Å². The molecule has 3 aromatic rings. The summed E-state index contributed by atoms with van der Waals surface area (Å²) < 4.78 is 11.8. The van der Waals surface area contributed by atoms with Crippen molar-refractivity contribution >= 4 is 28.9 Å². The van der Waals surface area contributed by atoms with Crippen LogP contribution in [0.15, 0.2) is 29.1 Å². The first-order valence-electron chi connectivity index (χ1n) is 13.9. The van der Waals surface area contributed by atoms with Crippen molar-refractivity contribution in [3.05, 3.63) is 45.9 Å². The third-order valence-corrected chi connectivity index (χ3v) is 6.72. The number of hydrogen-bond donors (Lipinski definition) is 3. The number of aromatic nitrogens is 4. The Hall–Kier alpha value is -3.97. The summed E-state index contributed by atoms with van der Waals surface area (Å²) >= 11 is 0. The van der Waals surface area contributed by atoms with Crippen LogP contribution in [0.4, 0.5) is 5.82 Å². The van der Waals surface area contributed by atoms with Crippen LogP contribution in [0.3, 0.4) is 0 Å². The number of aliphatic hydroxyl groups excluding tert-OH is 1. The van der Waals surface area contributed by atoms with Gasteiger partial charge in [-0.2, -0.15) is 9.97 Å². The number of rotatable bonds is 17. The van der Waals surface area contributed by atoms with Crippen molar-refractivity contribution in [3.8, 4) is 6.01 Å². The number of amides is 1. The molecule has 3 rings (SSSR count). The molecular formula is C28H41N7O6. The number of imidazole rings is 1. The highest BCUT2D eigenvalue weighted by molar-refractivity contribution is 5.82. The van der Waals surface area contributed by atoms with Gasteiger partial charge in [0.05, 0.1) is 33.3 Å². The van der Waals surface area contributed by atoms with Gasteiger partial charge in [-0.1, -0.05) is 44.5 Å². The lowest BCUT2D eigenvalue weighted by molar-refractivity contribution is -0.139. The van der Waals surface area contributed by atoms with Crippen LogP contribution < -0.4 is 16.2 Å². The average molecular weight is 572 g/mol. The number of aliphatic hydroxyl groups is 1. The summed E-state index contributed by atoms with van der Waals surface area (Å²) in [5.41, 5.74) is 8.11. The van der Waals surface area contributed by atoms with E-state index in [1.165, 1.54) is 11.7 Å². The molecule has 2 aromatic heterocycles. The van der Waals surface area contributed by atoms with Crippen LogP contribution in [0.5, 0.6) is 6.01 Å². The number of anilines is 1. The number of nitrogen functional groups attached to an aromatic ring is 1. The van der Waals surface area contributed by atoms with Crippen LogP contribution in [-0.4, -0.2) is 92.8 Å². The van der Waals surface area contributed by atoms with E-state index in [0.717, 1.165) is 24.0 Å². The Morgan fingerprint density at radius 2 is 1.83 bits per heavy atom. The first-order chi connectivity index (χ1) is 19.8. The molecule has 0 spiro atoms. The molecule has 0 fully saturated rings. The molecule has 0 radical (unpaired) electrons. The van der Waals surface area contributed by atoms with Crippen LogP contribution in [0.1, 0.15) is 44.2 Å². The van der Waals surface area contributed by atoms with Crippen molar-refractivity contribution in [1.29, 1.82) is 0 Å². The third-order valence-electron chi connectivity index (χ3n) is 6.72. The van der Waals surface area contributed by atoms with E-state index in [1.54, 1.807) is 4.90 Å². The summed E-state index contributed by atoms with van der Waals surface area (Å²) in [7, 11) is 1.35. The van der Waals surface area contributed by atoms with Gasteiger partial charge in [-0.25, -0.2) is 4.79 Å². The number of H-pyrrole nitrogens is 1. The number of esters is 1. The molecule has 4 N–H and O–H groups in total. The van der Waals surface area contributed by atoms with Gasteiger partial charge in [0.15, 0.2) is 11.5 Å². The molecule has 1 aromatic carbocycles. The fraction of sp³-hybridized carbons (Fsp3) is 0.536. The van der Waals surface area contributed by atoms with Gasteiger partial charge in [0.25, 0.3) is 0 Å². The molecule has 0 saturated carbocycles. The molecule has 2 heterocycles. The van der Waals surface area contributed by atoms with Crippen LogP contribution >= 0.6 is 0 Å². The number of hydrogen-bond acceptors (Lipinski definition) is 10. The van der Waals surface area contributed by atoms with Crippen LogP contribution in [-0.2, 0) is 33.8 Å². The number of nitrogens with zero attached hydrogens (tertiary/aromatic N) is 5. The minimum Gasteiger partial charge on any atom is -0.469 e. The largest absolute Gasteiger partial charge is 0.469 e. The second-order valence-corrected chi connectivity index (χ2v) is 9.70. The number of likely N-dealkylation sites (N-methyl/N-ethyl adjacent to an activating group) is 1. The highest BCUT2D eigenvalue weighted by atomic mass is 16.5. The maximum Gasteiger partial charge on any atom is 0.327 e. The number of carbonyl (C=O) groups excluding carboxylic acids is 2. The maximum atomic E-state index is 13.3. The average Bonchev–Trinajstić information content (AvgIpc) is 3.28. The van der Waals surface area contributed by atoms with E-state index in [-0.39, 0.29) is 49.0 Å². The number of carbonyl (C=O) groups is 2. The normalized spacial score (nSPS) is 11.2. The predicted octanol–water partition coefficient (Wildman–Crippen LogP) is 1.33. The van der Waals surface area contributed by atoms with Gasteiger partial charge < -0.3 is 30.2 Å². The third kappa shape index (κ3) is 9.02. The number of methoxy groups -OCH3 is 1. The Labute approximate surface area is 239 Å². The molecule has 0 aliphatic rings. The lowest BCUT2D eigenvalue weighted by atomic mass is 10.1. The fourth-order valence-corrected chi connectivity index (χ4v) is 4.33. The number of aryl methyl sites for hydroxylation is 1. The summed E-state index contributed by atoms with van der Waals surface area (Å²) in [5.74, 6) is -0.283. The summed E-state index contributed by atoms with van der Waals surface area (Å²) in [6.07, 6.45) is 2.44. The Kier molecular flexibility index (Phi) is 12.1. The molecule has 0 unspecified atom stereocenters. The Morgan fingerprint density at radius 1 is 1.10 bits per heavy atom. The second kappa shape index (κ2) is 15.7. The Morgan fingerprint density at radius 3 is 2.49 bits per heavy atom. The van der Waals surface area contributed by atoms with Gasteiger partial charge in [0.2, 0.25) is 5.91 Å². The Bertz CT molecular complexity index is 1340. The highest BCUT2D eigenvalue weighted by Gasteiger charge is 2.19. The smallest absolute Gasteiger partial charge is 0.327 e. The van der Waals surface area contributed by atoms with Crippen molar-refractivity contribution < 1.29 is 24.2 Å². The van der Waals surface area contributed by atoms with Gasteiger partial charge in [-0.05, 0) is 30.5 Å². The summed E-state index contributed by atoms with van der Waals surface area (Å²) in [5, 5.41) is 9.36. The zero-order valence-electron chi connectivity index (χ0n) is 24.1. The van der Waals surface area contributed by atoms with Crippen molar-refractivity contribution in [2.45, 2.75) is 52.6 Å². The van der Waals surface area contributed by atoms with Gasteiger partial charge in [-0.15, -0.1) is 0 Å². The van der Waals surface area contributed by atoms with E-state index in [2.05, 4.69) is 15.0 Å².